The number of nitrogens with zero attached hydrogens (tertiary/aromatic N) is 1. The van der Waals surface area contributed by atoms with Crippen LogP contribution < -0.4 is 0 Å². The van der Waals surface area contributed by atoms with Crippen molar-refractivity contribution >= 4 is 99.7 Å². The van der Waals surface area contributed by atoms with Crippen LogP contribution in [0.4, 0.5) is 0 Å². The highest BCUT2D eigenvalue weighted by Crippen LogP contribution is 2.71. The number of hydrogen-bond acceptors (Lipinski definition) is 9. The minimum absolute atomic E-state index is 1.25. The number of thioether (sulfide) groups is 8. The Morgan fingerprint density at radius 1 is 0.720 bits per heavy atom. The van der Waals surface area contributed by atoms with Gasteiger partial charge in [-0.2, -0.15) is 0 Å². The van der Waals surface area contributed by atoms with Gasteiger partial charge in [0.1, 0.15) is 0 Å². The van der Waals surface area contributed by atoms with Gasteiger partial charge < -0.3 is 0 Å². The molecule has 1 aromatic rings. The van der Waals surface area contributed by atoms with Crippen molar-refractivity contribution in [3.8, 4) is 0 Å². The van der Waals surface area contributed by atoms with Gasteiger partial charge in [0.2, 0.25) is 0 Å². The van der Waals surface area contributed by atoms with E-state index in [2.05, 4.69) is 24.0 Å². The zero-order chi connectivity index (χ0) is 16.8. The molecule has 0 fully saturated rings. The highest BCUT2D eigenvalue weighted by atomic mass is 32.3. The molecule has 0 bridgehead atoms. The van der Waals surface area contributed by atoms with Crippen molar-refractivity contribution in [2.24, 2.45) is 0 Å². The van der Waals surface area contributed by atoms with Crippen molar-refractivity contribution in [2.45, 2.75) is 6.92 Å². The lowest BCUT2D eigenvalue weighted by atomic mass is 10.1. The van der Waals surface area contributed by atoms with Crippen LogP contribution in [0.15, 0.2) is 54.2 Å². The molecule has 9 heteroatoms. The molecule has 4 aliphatic rings. The van der Waals surface area contributed by atoms with E-state index < -0.39 is 0 Å². The summed E-state index contributed by atoms with van der Waals surface area (Å²) in [5.41, 5.74) is 2.63. The Hall–Kier alpha value is 0.910. The molecule has 0 aromatic carbocycles. The molecule has 0 unspecified atom stereocenters. The minimum atomic E-state index is 1.25. The van der Waals surface area contributed by atoms with E-state index in [0.717, 1.165) is 0 Å². The summed E-state index contributed by atoms with van der Waals surface area (Å²) in [6.07, 6.45) is 3.74. The topological polar surface area (TPSA) is 12.9 Å². The lowest BCUT2D eigenvalue weighted by Gasteiger charge is -2.08. The van der Waals surface area contributed by atoms with Gasteiger partial charge in [-0.15, -0.1) is 23.5 Å². The summed E-state index contributed by atoms with van der Waals surface area (Å²) in [5.74, 6) is 2.51. The Morgan fingerprint density at radius 3 is 1.76 bits per heavy atom. The van der Waals surface area contributed by atoms with Gasteiger partial charge >= 0.3 is 0 Å². The van der Waals surface area contributed by atoms with E-state index in [1.54, 1.807) is 0 Å². The van der Waals surface area contributed by atoms with Gasteiger partial charge in [-0.1, -0.05) is 70.6 Å². The van der Waals surface area contributed by atoms with Crippen molar-refractivity contribution in [1.82, 2.24) is 4.98 Å². The first-order chi connectivity index (χ1) is 12.3. The maximum atomic E-state index is 4.12. The van der Waals surface area contributed by atoms with E-state index in [1.165, 1.54) is 52.3 Å². The molecular formula is C16H11NS8. The summed E-state index contributed by atoms with van der Waals surface area (Å²) in [4.78, 5) is 4.12. The van der Waals surface area contributed by atoms with Crippen LogP contribution in [-0.4, -0.2) is 16.5 Å². The predicted molar refractivity (Wildman–Crippen MR) is 128 cm³/mol. The van der Waals surface area contributed by atoms with Gasteiger partial charge in [-0.25, -0.2) is 0 Å². The van der Waals surface area contributed by atoms with E-state index >= 15 is 0 Å². The van der Waals surface area contributed by atoms with Gasteiger partial charge in [0.15, 0.2) is 0 Å². The first kappa shape index (κ1) is 18.0. The second kappa shape index (κ2) is 7.73. The zero-order valence-corrected chi connectivity index (χ0v) is 19.5. The molecule has 25 heavy (non-hydrogen) atoms. The largest absolute Gasteiger partial charge is 0.265 e. The molecule has 0 aliphatic carbocycles. The molecule has 5 rings (SSSR count). The summed E-state index contributed by atoms with van der Waals surface area (Å²) in [7, 11) is 0. The summed E-state index contributed by atoms with van der Waals surface area (Å²) < 4.78 is 10.4. The van der Waals surface area contributed by atoms with Gasteiger partial charge in [0.25, 0.3) is 0 Å². The van der Waals surface area contributed by atoms with Crippen molar-refractivity contribution < 1.29 is 0 Å². The molecule has 0 saturated carbocycles. The highest BCUT2D eigenvalue weighted by molar-refractivity contribution is 8.49. The van der Waals surface area contributed by atoms with Crippen molar-refractivity contribution in [3.63, 3.8) is 0 Å². The molecule has 0 atom stereocenters. The average Bonchev–Trinajstić information content (AvgIpc) is 3.33. The maximum Gasteiger partial charge on any atom is 0.0718 e. The Kier molecular flexibility index (Phi) is 5.56. The number of pyridine rings is 1. The molecule has 1 nitrogen and oxygen atoms in total. The Balaban J connectivity index is 1.31. The number of aromatic nitrogens is 1. The molecule has 128 valence electrons. The molecule has 0 radical (unpaired) electrons. The predicted octanol–water partition coefficient (Wildman–Crippen LogP) is 8.07. The molecule has 0 spiro atoms. The fraction of sp³-hybridized carbons (Fsp3) is 0.188. The fourth-order valence-electron chi connectivity index (χ4n) is 2.34. The third-order valence-electron chi connectivity index (χ3n) is 3.58. The molecular weight excluding hydrogens is 463 g/mol. The maximum absolute atomic E-state index is 4.12. The van der Waals surface area contributed by atoms with E-state index in [-0.39, 0.29) is 0 Å². The van der Waals surface area contributed by atoms with Gasteiger partial charge in [-0.3, -0.25) is 4.98 Å². The van der Waals surface area contributed by atoms with Gasteiger partial charge in [-0.05, 0) is 30.2 Å². The van der Waals surface area contributed by atoms with E-state index in [0.29, 0.717) is 0 Å². The fourth-order valence-corrected chi connectivity index (χ4v) is 15.0. The van der Waals surface area contributed by atoms with E-state index in [9.17, 15) is 0 Å². The second-order valence-electron chi connectivity index (χ2n) is 5.18. The minimum Gasteiger partial charge on any atom is -0.265 e. The van der Waals surface area contributed by atoms with Crippen molar-refractivity contribution in [1.29, 1.82) is 0 Å². The molecule has 5 heterocycles. The van der Waals surface area contributed by atoms with E-state index in [4.69, 9.17) is 0 Å². The van der Waals surface area contributed by atoms with Crippen LogP contribution in [0.25, 0.3) is 5.57 Å². The van der Waals surface area contributed by atoms with Crippen LogP contribution >= 0.6 is 94.1 Å². The molecule has 0 amide bonds. The highest BCUT2D eigenvalue weighted by Gasteiger charge is 2.35. The SMILES string of the molecule is CC(=C1SC2=C(SC(=C3SC4=C(SCCS4)S3)S2)S1)c1ccncc1. The van der Waals surface area contributed by atoms with Gasteiger partial charge in [0.05, 0.1) is 29.7 Å². The quantitative estimate of drug-likeness (QED) is 0.398. The second-order valence-corrected chi connectivity index (χ2v) is 15.3. The summed E-state index contributed by atoms with van der Waals surface area (Å²) in [5, 5.41) is 0. The summed E-state index contributed by atoms with van der Waals surface area (Å²) in [6, 6.07) is 4.19. The summed E-state index contributed by atoms with van der Waals surface area (Å²) in [6.45, 7) is 2.22. The van der Waals surface area contributed by atoms with Crippen molar-refractivity contribution in [3.05, 3.63) is 59.8 Å². The lowest BCUT2D eigenvalue weighted by Crippen LogP contribution is -1.88. The Morgan fingerprint density at radius 2 is 1.20 bits per heavy atom. The zero-order valence-electron chi connectivity index (χ0n) is 12.9. The van der Waals surface area contributed by atoms with Crippen LogP contribution in [0.2, 0.25) is 0 Å². The third-order valence-corrected chi connectivity index (χ3v) is 15.7. The molecule has 1 aromatic heterocycles. The molecule has 0 N–H and O–H groups in total. The number of hydrogen-bond donors (Lipinski definition) is 0. The first-order valence-corrected chi connectivity index (χ1v) is 14.3. The van der Waals surface area contributed by atoms with Gasteiger partial charge in [0, 0.05) is 23.9 Å². The summed E-state index contributed by atoms with van der Waals surface area (Å²) >= 11 is 15.9. The van der Waals surface area contributed by atoms with E-state index in [1.807, 2.05) is 106 Å². The normalized spacial score (nSPS) is 22.8. The smallest absolute Gasteiger partial charge is 0.0718 e. The number of allylic oxidation sites excluding steroid dienone is 1. The third kappa shape index (κ3) is 3.64. The average molecular weight is 474 g/mol. The Bertz CT molecular complexity index is 825. The number of rotatable bonds is 1. The van der Waals surface area contributed by atoms with Crippen LogP contribution in [0.3, 0.4) is 0 Å². The molecule has 4 aliphatic heterocycles. The van der Waals surface area contributed by atoms with Crippen LogP contribution in [0, 0.1) is 0 Å². The Labute approximate surface area is 181 Å². The van der Waals surface area contributed by atoms with Crippen LogP contribution in [0.5, 0.6) is 0 Å². The monoisotopic (exact) mass is 473 g/mol. The lowest BCUT2D eigenvalue weighted by molar-refractivity contribution is 1.31. The molecule has 0 saturated heterocycles. The first-order valence-electron chi connectivity index (χ1n) is 7.45. The van der Waals surface area contributed by atoms with Crippen LogP contribution in [-0.2, 0) is 0 Å². The van der Waals surface area contributed by atoms with Crippen LogP contribution in [0.1, 0.15) is 12.5 Å². The van der Waals surface area contributed by atoms with Crippen molar-refractivity contribution in [2.75, 3.05) is 11.5 Å². The standard InChI is InChI=1S/C16H11NS8/c1-8(9-2-4-17-5-3-9)10-20-13-14(21-10)25-16(24-13)15-22-11-12(23-15)19-7-6-18-11/h2-5H,6-7H2,1H3.